The number of rotatable bonds is 7. The van der Waals surface area contributed by atoms with Gasteiger partial charge in [-0.3, -0.25) is 18.8 Å². The molecular formula is C27H24N6O6. The molecule has 0 unspecified atom stereocenters. The maximum Gasteiger partial charge on any atom is 0.335 e. The largest absolute Gasteiger partial charge is 0.492 e. The fourth-order valence-electron chi connectivity index (χ4n) is 4.40. The van der Waals surface area contributed by atoms with E-state index in [2.05, 4.69) is 25.9 Å². The molecule has 0 bridgehead atoms. The van der Waals surface area contributed by atoms with E-state index in [1.165, 1.54) is 22.7 Å². The van der Waals surface area contributed by atoms with Crippen LogP contribution in [-0.4, -0.2) is 48.3 Å². The molecular weight excluding hydrogens is 504 g/mol. The highest BCUT2D eigenvalue weighted by Gasteiger charge is 2.20. The van der Waals surface area contributed by atoms with Gasteiger partial charge >= 0.3 is 5.97 Å². The maximum absolute atomic E-state index is 13.1. The molecule has 0 saturated heterocycles. The molecule has 4 aromatic rings. The molecule has 1 aliphatic rings. The number of aromatic hydroxyl groups is 1. The van der Waals surface area contributed by atoms with E-state index in [0.29, 0.717) is 24.0 Å². The standard InChI is InChI=1S/C27H24N6O6/c1-14-8-15(3-6-18(14)26(38)39)11-29-25(37)21-10-20(31-27-32-23(35)13-33(21)27)24(36)28-12-16-2-4-17-5-7-22(34)30-19(17)9-16/h2-4,6,8-10,13,35H,5,7,11-12H2,1H3,(H,28,36)(H,29,37)(H,30,34)(H,38,39). The highest BCUT2D eigenvalue weighted by molar-refractivity contribution is 5.98. The molecule has 2 aromatic heterocycles. The summed E-state index contributed by atoms with van der Waals surface area (Å²) in [5.41, 5.74) is 3.87. The van der Waals surface area contributed by atoms with Crippen LogP contribution >= 0.6 is 0 Å². The second-order valence-corrected chi connectivity index (χ2v) is 9.16. The Kier molecular flexibility index (Phi) is 6.67. The third kappa shape index (κ3) is 5.39. The van der Waals surface area contributed by atoms with Crippen LogP contribution in [0, 0.1) is 6.92 Å². The molecule has 5 rings (SSSR count). The number of aromatic nitrogens is 3. The number of carbonyl (C=O) groups excluding carboxylic acids is 3. The quantitative estimate of drug-likeness (QED) is 0.243. The van der Waals surface area contributed by atoms with E-state index in [1.54, 1.807) is 25.1 Å². The van der Waals surface area contributed by atoms with Crippen LogP contribution in [0.4, 0.5) is 5.69 Å². The molecule has 12 heteroatoms. The summed E-state index contributed by atoms with van der Waals surface area (Å²) in [5, 5.41) is 27.4. The van der Waals surface area contributed by atoms with Crippen LogP contribution in [0.15, 0.2) is 48.7 Å². The number of aromatic carboxylic acids is 1. The smallest absolute Gasteiger partial charge is 0.335 e. The summed E-state index contributed by atoms with van der Waals surface area (Å²) in [6.45, 7) is 1.92. The Hall–Kier alpha value is -5.26. The third-order valence-corrected chi connectivity index (χ3v) is 6.39. The van der Waals surface area contributed by atoms with Crippen LogP contribution in [0.2, 0.25) is 0 Å². The second-order valence-electron chi connectivity index (χ2n) is 9.16. The fraction of sp³-hybridized carbons (Fsp3) is 0.185. The van der Waals surface area contributed by atoms with Gasteiger partial charge in [-0.05, 0) is 53.8 Å². The number of hydrogen-bond donors (Lipinski definition) is 5. The number of nitrogens with one attached hydrogen (secondary N) is 3. The molecule has 3 amide bonds. The molecule has 0 aliphatic carbocycles. The zero-order chi connectivity index (χ0) is 27.7. The zero-order valence-electron chi connectivity index (χ0n) is 20.8. The van der Waals surface area contributed by atoms with Gasteiger partial charge < -0.3 is 26.2 Å². The van der Waals surface area contributed by atoms with Crippen molar-refractivity contribution in [2.24, 2.45) is 0 Å². The number of carboxylic acid groups (broad SMARTS) is 1. The van der Waals surface area contributed by atoms with E-state index in [9.17, 15) is 29.4 Å². The molecule has 0 radical (unpaired) electrons. The predicted molar refractivity (Wildman–Crippen MR) is 139 cm³/mol. The molecule has 5 N–H and O–H groups in total. The van der Waals surface area contributed by atoms with E-state index in [1.807, 2.05) is 12.1 Å². The van der Waals surface area contributed by atoms with Gasteiger partial charge in [-0.15, -0.1) is 0 Å². The third-order valence-electron chi connectivity index (χ3n) is 6.39. The fourth-order valence-corrected chi connectivity index (χ4v) is 4.40. The summed E-state index contributed by atoms with van der Waals surface area (Å²) in [5.74, 6) is -2.61. The van der Waals surface area contributed by atoms with Crippen LogP contribution in [0.1, 0.15) is 60.0 Å². The van der Waals surface area contributed by atoms with Gasteiger partial charge in [0.1, 0.15) is 11.4 Å². The van der Waals surface area contributed by atoms with Crippen molar-refractivity contribution in [2.75, 3.05) is 5.32 Å². The van der Waals surface area contributed by atoms with Crippen LogP contribution in [0.5, 0.6) is 5.88 Å². The van der Waals surface area contributed by atoms with E-state index in [4.69, 9.17) is 0 Å². The van der Waals surface area contributed by atoms with Gasteiger partial charge in [0.2, 0.25) is 17.6 Å². The Balaban J connectivity index is 1.33. The SMILES string of the molecule is Cc1cc(CNC(=O)c2cc(C(=O)NCc3ccc4c(c3)NC(=O)CC4)nc3nc(O)cn23)ccc1C(=O)O. The molecule has 0 saturated carbocycles. The molecule has 0 spiro atoms. The predicted octanol–water partition coefficient (Wildman–Crippen LogP) is 2.19. The lowest BCUT2D eigenvalue weighted by Gasteiger charge is -2.17. The van der Waals surface area contributed by atoms with Crippen molar-refractivity contribution >= 4 is 35.2 Å². The first-order chi connectivity index (χ1) is 18.7. The average molecular weight is 529 g/mol. The lowest BCUT2D eigenvalue weighted by Crippen LogP contribution is -2.28. The lowest BCUT2D eigenvalue weighted by atomic mass is 10.0. The molecule has 1 aliphatic heterocycles. The minimum atomic E-state index is -1.04. The van der Waals surface area contributed by atoms with Crippen LogP contribution in [-0.2, 0) is 24.3 Å². The average Bonchev–Trinajstić information content (AvgIpc) is 3.29. The Morgan fingerprint density at radius 3 is 2.44 bits per heavy atom. The molecule has 12 nitrogen and oxygen atoms in total. The summed E-state index contributed by atoms with van der Waals surface area (Å²) in [4.78, 5) is 57.0. The van der Waals surface area contributed by atoms with E-state index < -0.39 is 17.8 Å². The number of nitrogens with zero attached hydrogens (tertiary/aromatic N) is 3. The number of anilines is 1. The van der Waals surface area contributed by atoms with Crippen molar-refractivity contribution < 1.29 is 29.4 Å². The summed E-state index contributed by atoms with van der Waals surface area (Å²) in [7, 11) is 0. The van der Waals surface area contributed by atoms with Gasteiger partial charge in [0.15, 0.2) is 0 Å². The summed E-state index contributed by atoms with van der Waals surface area (Å²) in [6, 6.07) is 11.6. The minimum absolute atomic E-state index is 0.0216. The topological polar surface area (TPSA) is 175 Å². The van der Waals surface area contributed by atoms with Gasteiger partial charge in [-0.1, -0.05) is 24.3 Å². The van der Waals surface area contributed by atoms with Crippen molar-refractivity contribution in [3.8, 4) is 5.88 Å². The number of imidazole rings is 1. The van der Waals surface area contributed by atoms with E-state index in [0.717, 1.165) is 16.8 Å². The summed E-state index contributed by atoms with van der Waals surface area (Å²) >= 11 is 0. The first-order valence-electron chi connectivity index (χ1n) is 12.1. The minimum Gasteiger partial charge on any atom is -0.492 e. The number of carbonyl (C=O) groups is 4. The molecule has 3 heterocycles. The highest BCUT2D eigenvalue weighted by atomic mass is 16.4. The van der Waals surface area contributed by atoms with Gasteiger partial charge in [-0.25, -0.2) is 9.78 Å². The number of carboxylic acids is 1. The van der Waals surface area contributed by atoms with Crippen LogP contribution in [0.25, 0.3) is 5.78 Å². The molecule has 0 fully saturated rings. The van der Waals surface area contributed by atoms with Crippen LogP contribution < -0.4 is 16.0 Å². The van der Waals surface area contributed by atoms with E-state index in [-0.39, 0.29) is 47.6 Å². The van der Waals surface area contributed by atoms with Gasteiger partial charge in [0.05, 0.1) is 11.8 Å². The molecule has 0 atom stereocenters. The molecule has 39 heavy (non-hydrogen) atoms. The van der Waals surface area contributed by atoms with Crippen molar-refractivity contribution in [3.05, 3.63) is 87.9 Å². The van der Waals surface area contributed by atoms with Gasteiger partial charge in [0, 0.05) is 25.2 Å². The van der Waals surface area contributed by atoms with Crippen molar-refractivity contribution in [1.29, 1.82) is 0 Å². The highest BCUT2D eigenvalue weighted by Crippen LogP contribution is 2.24. The Labute approximate surface area is 221 Å². The maximum atomic E-state index is 13.1. The van der Waals surface area contributed by atoms with Crippen molar-refractivity contribution in [3.63, 3.8) is 0 Å². The van der Waals surface area contributed by atoms with Gasteiger partial charge in [-0.2, -0.15) is 4.98 Å². The monoisotopic (exact) mass is 528 g/mol. The Morgan fingerprint density at radius 2 is 1.69 bits per heavy atom. The van der Waals surface area contributed by atoms with E-state index >= 15 is 0 Å². The Bertz CT molecular complexity index is 1660. The first-order valence-corrected chi connectivity index (χ1v) is 12.1. The number of amides is 3. The van der Waals surface area contributed by atoms with Gasteiger partial charge in [0.25, 0.3) is 11.8 Å². The Morgan fingerprint density at radius 1 is 0.974 bits per heavy atom. The lowest BCUT2D eigenvalue weighted by molar-refractivity contribution is -0.116. The first kappa shape index (κ1) is 25.4. The second kappa shape index (κ2) is 10.2. The number of benzene rings is 2. The summed E-state index contributed by atoms with van der Waals surface area (Å²) in [6.07, 6.45) is 2.31. The van der Waals surface area contributed by atoms with Crippen molar-refractivity contribution in [2.45, 2.75) is 32.9 Å². The number of hydrogen-bond acceptors (Lipinski definition) is 7. The zero-order valence-corrected chi connectivity index (χ0v) is 20.8. The summed E-state index contributed by atoms with van der Waals surface area (Å²) < 4.78 is 1.27. The number of aryl methyl sites for hydroxylation is 2. The van der Waals surface area contributed by atoms with Crippen LogP contribution in [0.3, 0.4) is 0 Å². The molecule has 198 valence electrons. The molecule has 2 aromatic carbocycles. The normalized spacial score (nSPS) is 12.5. The number of fused-ring (bicyclic) bond motifs is 2. The van der Waals surface area contributed by atoms with Crippen molar-refractivity contribution in [1.82, 2.24) is 25.0 Å².